The summed E-state index contributed by atoms with van der Waals surface area (Å²) < 4.78 is 5.39. The van der Waals surface area contributed by atoms with Crippen LogP contribution in [-0.2, 0) is 4.74 Å². The fourth-order valence-corrected chi connectivity index (χ4v) is 1.19. The van der Waals surface area contributed by atoms with Crippen molar-refractivity contribution in [3.8, 4) is 0 Å². The first-order chi connectivity index (χ1) is 4.99. The maximum atomic E-state index is 8.97. The van der Waals surface area contributed by atoms with Crippen LogP contribution in [0.5, 0.6) is 0 Å². The van der Waals surface area contributed by atoms with Crippen molar-refractivity contribution in [2.24, 2.45) is 11.8 Å². The summed E-state index contributed by atoms with van der Waals surface area (Å²) in [5.41, 5.74) is -0.200. The van der Waals surface area contributed by atoms with E-state index in [9.17, 15) is 0 Å². The average Bonchev–Trinajstić information content (AvgIpc) is 2.01. The van der Waals surface area contributed by atoms with Crippen molar-refractivity contribution in [2.45, 2.75) is 33.3 Å². The Morgan fingerprint density at radius 1 is 1.36 bits per heavy atom. The van der Waals surface area contributed by atoms with E-state index in [1.807, 2.05) is 13.8 Å². The van der Waals surface area contributed by atoms with Gasteiger partial charge in [0.15, 0.2) is 0 Å². The van der Waals surface area contributed by atoms with E-state index >= 15 is 0 Å². The molecule has 0 saturated heterocycles. The molecular formula is C9H20O2. The lowest BCUT2D eigenvalue weighted by Gasteiger charge is -2.37. The molecule has 0 rings (SSSR count). The van der Waals surface area contributed by atoms with E-state index in [0.717, 1.165) is 0 Å². The Bertz CT molecular complexity index is 112. The average molecular weight is 160 g/mol. The molecule has 1 N–H and O–H groups in total. The first kappa shape index (κ1) is 10.9. The van der Waals surface area contributed by atoms with Gasteiger partial charge >= 0.3 is 0 Å². The number of ether oxygens (including phenoxy) is 1. The van der Waals surface area contributed by atoms with Crippen LogP contribution < -0.4 is 0 Å². The Labute approximate surface area is 69.6 Å². The molecule has 0 saturated carbocycles. The largest absolute Gasteiger partial charge is 0.396 e. The fraction of sp³-hybridized carbons (Fsp3) is 1.00. The van der Waals surface area contributed by atoms with Gasteiger partial charge in [0.2, 0.25) is 0 Å². The van der Waals surface area contributed by atoms with Gasteiger partial charge in [0.05, 0.1) is 5.60 Å². The zero-order chi connectivity index (χ0) is 9.07. The van der Waals surface area contributed by atoms with Crippen molar-refractivity contribution >= 4 is 0 Å². The molecule has 2 nitrogen and oxygen atoms in total. The number of methoxy groups -OCH3 is 1. The van der Waals surface area contributed by atoms with Gasteiger partial charge in [-0.3, -0.25) is 0 Å². The first-order valence-electron chi connectivity index (χ1n) is 4.15. The summed E-state index contributed by atoms with van der Waals surface area (Å²) in [5, 5.41) is 8.97. The van der Waals surface area contributed by atoms with Gasteiger partial charge in [-0.15, -0.1) is 0 Å². The molecule has 2 atom stereocenters. The van der Waals surface area contributed by atoms with Crippen LogP contribution in [0.4, 0.5) is 0 Å². The SMILES string of the molecule is CO[C@](C)(C(C)C)[C@@H](C)CO. The van der Waals surface area contributed by atoms with Crippen molar-refractivity contribution in [3.05, 3.63) is 0 Å². The Hall–Kier alpha value is -0.0800. The van der Waals surface area contributed by atoms with Gasteiger partial charge in [-0.2, -0.15) is 0 Å². The van der Waals surface area contributed by atoms with Crippen LogP contribution in [0.15, 0.2) is 0 Å². The van der Waals surface area contributed by atoms with Crippen molar-refractivity contribution in [3.63, 3.8) is 0 Å². The second-order valence-electron chi connectivity index (χ2n) is 3.63. The predicted octanol–water partition coefficient (Wildman–Crippen LogP) is 1.68. The maximum absolute atomic E-state index is 8.97. The van der Waals surface area contributed by atoms with E-state index in [-0.39, 0.29) is 18.1 Å². The molecular weight excluding hydrogens is 140 g/mol. The van der Waals surface area contributed by atoms with Crippen LogP contribution in [0.25, 0.3) is 0 Å². The van der Waals surface area contributed by atoms with Gasteiger partial charge in [0, 0.05) is 19.6 Å². The quantitative estimate of drug-likeness (QED) is 0.678. The number of hydrogen-bond acceptors (Lipinski definition) is 2. The van der Waals surface area contributed by atoms with Crippen molar-refractivity contribution < 1.29 is 9.84 Å². The highest BCUT2D eigenvalue weighted by Crippen LogP contribution is 2.28. The molecule has 11 heavy (non-hydrogen) atoms. The number of aliphatic hydroxyl groups excluding tert-OH is 1. The van der Waals surface area contributed by atoms with Gasteiger partial charge in [0.25, 0.3) is 0 Å². The lowest BCUT2D eigenvalue weighted by atomic mass is 9.81. The van der Waals surface area contributed by atoms with Crippen molar-refractivity contribution in [1.29, 1.82) is 0 Å². The monoisotopic (exact) mass is 160 g/mol. The molecule has 68 valence electrons. The number of rotatable bonds is 4. The molecule has 0 spiro atoms. The summed E-state index contributed by atoms with van der Waals surface area (Å²) >= 11 is 0. The van der Waals surface area contributed by atoms with Crippen LogP contribution in [-0.4, -0.2) is 24.4 Å². The third-order valence-corrected chi connectivity index (χ3v) is 2.84. The van der Waals surface area contributed by atoms with E-state index in [1.54, 1.807) is 7.11 Å². The second kappa shape index (κ2) is 4.07. The third kappa shape index (κ3) is 2.17. The van der Waals surface area contributed by atoms with Crippen LogP contribution >= 0.6 is 0 Å². The first-order valence-corrected chi connectivity index (χ1v) is 4.15. The van der Waals surface area contributed by atoms with E-state index in [4.69, 9.17) is 9.84 Å². The summed E-state index contributed by atoms with van der Waals surface area (Å²) in [6.07, 6.45) is 0. The van der Waals surface area contributed by atoms with Crippen LogP contribution in [0.2, 0.25) is 0 Å². The molecule has 0 radical (unpaired) electrons. The summed E-state index contributed by atoms with van der Waals surface area (Å²) in [6.45, 7) is 8.44. The molecule has 0 bridgehead atoms. The Kier molecular flexibility index (Phi) is 4.04. The van der Waals surface area contributed by atoms with E-state index in [2.05, 4.69) is 13.8 Å². The molecule has 0 amide bonds. The minimum atomic E-state index is -0.200. The summed E-state index contributed by atoms with van der Waals surface area (Å²) in [4.78, 5) is 0. The molecule has 0 heterocycles. The molecule has 0 aliphatic heterocycles. The van der Waals surface area contributed by atoms with Gasteiger partial charge in [-0.1, -0.05) is 20.8 Å². The topological polar surface area (TPSA) is 29.5 Å². The van der Waals surface area contributed by atoms with Gasteiger partial charge < -0.3 is 9.84 Å². The Morgan fingerprint density at radius 2 is 1.82 bits per heavy atom. The van der Waals surface area contributed by atoms with E-state index in [1.165, 1.54) is 0 Å². The second-order valence-corrected chi connectivity index (χ2v) is 3.63. The van der Waals surface area contributed by atoms with Gasteiger partial charge in [-0.25, -0.2) is 0 Å². The van der Waals surface area contributed by atoms with Crippen LogP contribution in [0, 0.1) is 11.8 Å². The predicted molar refractivity (Wildman–Crippen MR) is 46.5 cm³/mol. The zero-order valence-electron chi connectivity index (χ0n) is 8.22. The minimum absolute atomic E-state index is 0.183. The van der Waals surface area contributed by atoms with Crippen LogP contribution in [0.1, 0.15) is 27.7 Å². The zero-order valence-corrected chi connectivity index (χ0v) is 8.22. The molecule has 2 heteroatoms. The highest BCUT2D eigenvalue weighted by atomic mass is 16.5. The van der Waals surface area contributed by atoms with Crippen molar-refractivity contribution in [1.82, 2.24) is 0 Å². The fourth-order valence-electron chi connectivity index (χ4n) is 1.19. The van der Waals surface area contributed by atoms with Crippen molar-refractivity contribution in [2.75, 3.05) is 13.7 Å². The maximum Gasteiger partial charge on any atom is 0.0720 e. The van der Waals surface area contributed by atoms with E-state index < -0.39 is 0 Å². The minimum Gasteiger partial charge on any atom is -0.396 e. The van der Waals surface area contributed by atoms with Crippen LogP contribution in [0.3, 0.4) is 0 Å². The lowest BCUT2D eigenvalue weighted by Crippen LogP contribution is -2.42. The highest BCUT2D eigenvalue weighted by molar-refractivity contribution is 4.83. The smallest absolute Gasteiger partial charge is 0.0720 e. The van der Waals surface area contributed by atoms with Gasteiger partial charge in [-0.05, 0) is 12.8 Å². The third-order valence-electron chi connectivity index (χ3n) is 2.84. The Balaban J connectivity index is 4.32. The molecule has 0 aromatic carbocycles. The molecule has 0 aliphatic carbocycles. The molecule has 0 aromatic rings. The highest BCUT2D eigenvalue weighted by Gasteiger charge is 2.33. The number of hydrogen-bond donors (Lipinski definition) is 1. The summed E-state index contributed by atoms with van der Waals surface area (Å²) in [5.74, 6) is 0.613. The molecule has 0 unspecified atom stereocenters. The Morgan fingerprint density at radius 3 is 1.91 bits per heavy atom. The standard InChI is InChI=1S/C9H20O2/c1-7(2)9(4,11-5)8(3)6-10/h7-8,10H,6H2,1-5H3/t8-,9+/m0/s1. The van der Waals surface area contributed by atoms with E-state index in [0.29, 0.717) is 5.92 Å². The van der Waals surface area contributed by atoms with Gasteiger partial charge in [0.1, 0.15) is 0 Å². The number of aliphatic hydroxyl groups is 1. The molecule has 0 fully saturated rings. The summed E-state index contributed by atoms with van der Waals surface area (Å²) in [7, 11) is 1.70. The molecule has 0 aliphatic rings. The normalized spacial score (nSPS) is 19.9. The molecule has 0 aromatic heterocycles. The summed E-state index contributed by atoms with van der Waals surface area (Å²) in [6, 6.07) is 0. The lowest BCUT2D eigenvalue weighted by molar-refractivity contribution is -0.0861.